The summed E-state index contributed by atoms with van der Waals surface area (Å²) < 4.78 is 0. The number of thiol groups is 1. The van der Waals surface area contributed by atoms with Crippen LogP contribution in [-0.4, -0.2) is 4.98 Å². The van der Waals surface area contributed by atoms with Crippen LogP contribution in [0.2, 0.25) is 0 Å². The van der Waals surface area contributed by atoms with E-state index in [0.717, 1.165) is 10.3 Å². The second kappa shape index (κ2) is 2.55. The van der Waals surface area contributed by atoms with Gasteiger partial charge in [0.15, 0.2) is 0 Å². The van der Waals surface area contributed by atoms with Gasteiger partial charge in [-0.15, -0.1) is 12.6 Å². The molecule has 0 aliphatic rings. The maximum atomic E-state index is 4.23. The van der Waals surface area contributed by atoms with E-state index in [1.54, 1.807) is 6.20 Å². The molecule has 0 amide bonds. The molecule has 2 heteroatoms. The van der Waals surface area contributed by atoms with Gasteiger partial charge >= 0.3 is 0 Å². The smallest absolute Gasteiger partial charge is 0.0346 e. The Labute approximate surface area is 70.5 Å². The van der Waals surface area contributed by atoms with Crippen LogP contribution in [0.4, 0.5) is 0 Å². The molecule has 1 aromatic carbocycles. The Bertz CT molecular complexity index is 384. The quantitative estimate of drug-likeness (QED) is 0.586. The van der Waals surface area contributed by atoms with Crippen molar-refractivity contribution in [2.75, 3.05) is 0 Å². The van der Waals surface area contributed by atoms with Crippen LogP contribution >= 0.6 is 12.6 Å². The molecule has 1 heterocycles. The van der Waals surface area contributed by atoms with Gasteiger partial charge in [0.1, 0.15) is 0 Å². The molecule has 0 atom stereocenters. The number of pyridine rings is 1. The topological polar surface area (TPSA) is 12.9 Å². The third-order valence-corrected chi connectivity index (χ3v) is 1.90. The number of nitrogens with zero attached hydrogens (tertiary/aromatic N) is 1. The lowest BCUT2D eigenvalue weighted by Gasteiger charge is -1.95. The first-order chi connectivity index (χ1) is 5.36. The maximum Gasteiger partial charge on any atom is 0.0346 e. The lowest BCUT2D eigenvalue weighted by atomic mass is 10.2. The average Bonchev–Trinajstić information content (AvgIpc) is 2.04. The van der Waals surface area contributed by atoms with Gasteiger partial charge in [-0.05, 0) is 23.6 Å². The first-order valence-electron chi connectivity index (χ1n) is 3.39. The zero-order valence-electron chi connectivity index (χ0n) is 5.86. The van der Waals surface area contributed by atoms with E-state index in [0.29, 0.717) is 0 Å². The van der Waals surface area contributed by atoms with Gasteiger partial charge in [-0.25, -0.2) is 0 Å². The Morgan fingerprint density at radius 3 is 2.91 bits per heavy atom. The first-order valence-corrected chi connectivity index (χ1v) is 3.84. The Morgan fingerprint density at radius 1 is 1.09 bits per heavy atom. The standard InChI is InChI=1S/C9H7NS/c11-9-2-1-7-3-4-10-6-8(7)5-9/h1-6,11H. The minimum atomic E-state index is 0.977. The lowest BCUT2D eigenvalue weighted by molar-refractivity contribution is 1.35. The van der Waals surface area contributed by atoms with Crippen LogP contribution in [0, 0.1) is 0 Å². The predicted octanol–water partition coefficient (Wildman–Crippen LogP) is 2.52. The Morgan fingerprint density at radius 2 is 2.00 bits per heavy atom. The van der Waals surface area contributed by atoms with Crippen LogP contribution in [0.15, 0.2) is 41.6 Å². The van der Waals surface area contributed by atoms with Gasteiger partial charge in [0.2, 0.25) is 0 Å². The molecule has 1 aromatic heterocycles. The summed E-state index contributed by atoms with van der Waals surface area (Å²) in [6.45, 7) is 0. The largest absolute Gasteiger partial charge is 0.264 e. The highest BCUT2D eigenvalue weighted by molar-refractivity contribution is 7.80. The van der Waals surface area contributed by atoms with Crippen molar-refractivity contribution in [3.63, 3.8) is 0 Å². The maximum absolute atomic E-state index is 4.23. The molecule has 0 bridgehead atoms. The van der Waals surface area contributed by atoms with Crippen LogP contribution in [0.3, 0.4) is 0 Å². The molecule has 0 aliphatic carbocycles. The second-order valence-electron chi connectivity index (χ2n) is 2.41. The van der Waals surface area contributed by atoms with E-state index in [9.17, 15) is 0 Å². The molecular formula is C9H7NS. The molecule has 0 unspecified atom stereocenters. The number of hydrogen-bond acceptors (Lipinski definition) is 2. The molecule has 54 valence electrons. The van der Waals surface area contributed by atoms with Crippen LogP contribution in [0.25, 0.3) is 10.8 Å². The number of fused-ring (bicyclic) bond motifs is 1. The molecule has 1 nitrogen and oxygen atoms in total. The molecule has 0 radical (unpaired) electrons. The Hall–Kier alpha value is -1.02. The van der Waals surface area contributed by atoms with Crippen molar-refractivity contribution in [3.05, 3.63) is 36.7 Å². The summed E-state index contributed by atoms with van der Waals surface area (Å²) in [7, 11) is 0. The van der Waals surface area contributed by atoms with Gasteiger partial charge in [0.05, 0.1) is 0 Å². The van der Waals surface area contributed by atoms with Crippen LogP contribution < -0.4 is 0 Å². The summed E-state index contributed by atoms with van der Waals surface area (Å²) >= 11 is 4.23. The predicted molar refractivity (Wildman–Crippen MR) is 49.0 cm³/mol. The minimum Gasteiger partial charge on any atom is -0.264 e. The molecule has 0 fully saturated rings. The monoisotopic (exact) mass is 161 g/mol. The SMILES string of the molecule is Sc1ccc2ccncc2c1. The zero-order chi connectivity index (χ0) is 7.68. The van der Waals surface area contributed by atoms with Gasteiger partial charge in [-0.1, -0.05) is 6.07 Å². The fourth-order valence-corrected chi connectivity index (χ4v) is 1.29. The summed E-state index contributed by atoms with van der Waals surface area (Å²) in [5, 5.41) is 2.35. The Balaban J connectivity index is 2.83. The molecule has 0 spiro atoms. The van der Waals surface area contributed by atoms with E-state index < -0.39 is 0 Å². The highest BCUT2D eigenvalue weighted by atomic mass is 32.1. The van der Waals surface area contributed by atoms with Crippen molar-refractivity contribution in [1.29, 1.82) is 0 Å². The molecule has 0 saturated heterocycles. The minimum absolute atomic E-state index is 0.977. The van der Waals surface area contributed by atoms with E-state index in [1.165, 1.54) is 5.39 Å². The van der Waals surface area contributed by atoms with Gasteiger partial charge < -0.3 is 0 Å². The number of aromatic nitrogens is 1. The third-order valence-electron chi connectivity index (χ3n) is 1.62. The highest BCUT2D eigenvalue weighted by Crippen LogP contribution is 2.15. The number of hydrogen-bond donors (Lipinski definition) is 1. The molecular weight excluding hydrogens is 154 g/mol. The Kier molecular flexibility index (Phi) is 1.55. The molecule has 11 heavy (non-hydrogen) atoms. The number of rotatable bonds is 0. The molecule has 0 saturated carbocycles. The fourth-order valence-electron chi connectivity index (χ4n) is 1.07. The van der Waals surface area contributed by atoms with Gasteiger partial charge in [-0.2, -0.15) is 0 Å². The zero-order valence-corrected chi connectivity index (χ0v) is 6.75. The van der Waals surface area contributed by atoms with Gasteiger partial charge in [0.25, 0.3) is 0 Å². The van der Waals surface area contributed by atoms with E-state index >= 15 is 0 Å². The summed E-state index contributed by atoms with van der Waals surface area (Å²) in [6, 6.07) is 8.01. The van der Waals surface area contributed by atoms with Crippen molar-refractivity contribution >= 4 is 23.4 Å². The van der Waals surface area contributed by atoms with E-state index in [1.807, 2.05) is 30.5 Å². The summed E-state index contributed by atoms with van der Waals surface area (Å²) in [4.78, 5) is 5.00. The van der Waals surface area contributed by atoms with Crippen molar-refractivity contribution in [2.45, 2.75) is 4.90 Å². The molecule has 0 N–H and O–H groups in total. The van der Waals surface area contributed by atoms with E-state index in [-0.39, 0.29) is 0 Å². The summed E-state index contributed by atoms with van der Waals surface area (Å²) in [6.07, 6.45) is 3.63. The normalized spacial score (nSPS) is 10.3. The fraction of sp³-hybridized carbons (Fsp3) is 0. The van der Waals surface area contributed by atoms with Crippen LogP contribution in [-0.2, 0) is 0 Å². The molecule has 0 aliphatic heterocycles. The summed E-state index contributed by atoms with van der Waals surface area (Å²) in [5.41, 5.74) is 0. The van der Waals surface area contributed by atoms with E-state index in [2.05, 4.69) is 17.6 Å². The second-order valence-corrected chi connectivity index (χ2v) is 2.92. The van der Waals surface area contributed by atoms with Crippen LogP contribution in [0.5, 0.6) is 0 Å². The van der Waals surface area contributed by atoms with Crippen molar-refractivity contribution in [3.8, 4) is 0 Å². The molecule has 2 aromatic rings. The van der Waals surface area contributed by atoms with Gasteiger partial charge in [0, 0.05) is 22.7 Å². The van der Waals surface area contributed by atoms with Gasteiger partial charge in [-0.3, -0.25) is 4.98 Å². The molecule has 2 rings (SSSR count). The van der Waals surface area contributed by atoms with E-state index in [4.69, 9.17) is 0 Å². The average molecular weight is 161 g/mol. The van der Waals surface area contributed by atoms with Crippen LogP contribution in [0.1, 0.15) is 0 Å². The lowest BCUT2D eigenvalue weighted by Crippen LogP contribution is -1.74. The summed E-state index contributed by atoms with van der Waals surface area (Å²) in [5.74, 6) is 0. The number of benzene rings is 1. The van der Waals surface area contributed by atoms with Crippen molar-refractivity contribution in [2.24, 2.45) is 0 Å². The first kappa shape index (κ1) is 6.68. The third kappa shape index (κ3) is 1.21. The highest BCUT2D eigenvalue weighted by Gasteiger charge is 1.90. The van der Waals surface area contributed by atoms with Crippen molar-refractivity contribution in [1.82, 2.24) is 4.98 Å². The van der Waals surface area contributed by atoms with Crippen molar-refractivity contribution < 1.29 is 0 Å².